The summed E-state index contributed by atoms with van der Waals surface area (Å²) in [6.45, 7) is 1.29. The number of ether oxygens (including phenoxy) is 2. The van der Waals surface area contributed by atoms with E-state index in [-0.39, 0.29) is 12.3 Å². The number of carbonyl (C=O) groups is 1. The molecule has 0 atom stereocenters. The Kier molecular flexibility index (Phi) is 5.92. The Labute approximate surface area is 177 Å². The summed E-state index contributed by atoms with van der Waals surface area (Å²) >= 11 is 12.4. The largest absolute Gasteiger partial charge is 0.486 e. The molecular weight excluding hydrogens is 415 g/mol. The predicted molar refractivity (Wildman–Crippen MR) is 110 cm³/mol. The van der Waals surface area contributed by atoms with Crippen LogP contribution in [0.2, 0.25) is 10.0 Å². The van der Waals surface area contributed by atoms with E-state index in [1.54, 1.807) is 18.3 Å². The van der Waals surface area contributed by atoms with Gasteiger partial charge in [0.15, 0.2) is 23.1 Å². The smallest absolute Gasteiger partial charge is 0.220 e. The van der Waals surface area contributed by atoms with Crippen molar-refractivity contribution in [1.29, 1.82) is 0 Å². The fourth-order valence-electron chi connectivity index (χ4n) is 2.99. The van der Waals surface area contributed by atoms with E-state index < -0.39 is 0 Å². The molecular formula is C21H18Cl2N2O4. The van der Waals surface area contributed by atoms with Gasteiger partial charge in [-0.2, -0.15) is 0 Å². The lowest BCUT2D eigenvalue weighted by Gasteiger charge is -2.20. The zero-order valence-corrected chi connectivity index (χ0v) is 16.9. The molecule has 1 aliphatic rings. The minimum Gasteiger partial charge on any atom is -0.486 e. The number of hydrogen-bond donors (Lipinski definition) is 1. The van der Waals surface area contributed by atoms with Crippen LogP contribution in [0.1, 0.15) is 17.9 Å². The van der Waals surface area contributed by atoms with Crippen molar-refractivity contribution in [3.63, 3.8) is 0 Å². The Morgan fingerprint density at radius 2 is 1.93 bits per heavy atom. The third-order valence-electron chi connectivity index (χ3n) is 4.41. The van der Waals surface area contributed by atoms with E-state index in [0.717, 1.165) is 11.1 Å². The molecule has 2 heterocycles. The van der Waals surface area contributed by atoms with Crippen molar-refractivity contribution in [2.24, 2.45) is 0 Å². The summed E-state index contributed by atoms with van der Waals surface area (Å²) in [7, 11) is 0. The van der Waals surface area contributed by atoms with E-state index in [1.165, 1.54) is 0 Å². The van der Waals surface area contributed by atoms with Crippen LogP contribution in [0, 0.1) is 0 Å². The Morgan fingerprint density at radius 3 is 2.79 bits per heavy atom. The number of rotatable bonds is 6. The van der Waals surface area contributed by atoms with E-state index >= 15 is 0 Å². The fourth-order valence-corrected chi connectivity index (χ4v) is 3.50. The molecule has 6 nitrogen and oxygen atoms in total. The van der Waals surface area contributed by atoms with Crippen molar-refractivity contribution in [3.05, 3.63) is 64.1 Å². The van der Waals surface area contributed by atoms with Crippen LogP contribution in [0.5, 0.6) is 11.5 Å². The lowest BCUT2D eigenvalue weighted by molar-refractivity contribution is -0.121. The molecule has 3 aromatic rings. The highest BCUT2D eigenvalue weighted by Crippen LogP contribution is 2.38. The molecule has 0 spiro atoms. The predicted octanol–water partition coefficient (Wildman–Crippen LogP) is 4.67. The summed E-state index contributed by atoms with van der Waals surface area (Å²) in [6.07, 6.45) is 2.25. The van der Waals surface area contributed by atoms with Crippen LogP contribution < -0.4 is 14.8 Å². The first-order chi connectivity index (χ1) is 14.1. The highest BCUT2D eigenvalue weighted by molar-refractivity contribution is 6.33. The normalized spacial score (nSPS) is 12.6. The monoisotopic (exact) mass is 432 g/mol. The van der Waals surface area contributed by atoms with Gasteiger partial charge in [-0.15, -0.1) is 0 Å². The molecule has 0 fully saturated rings. The first-order valence-electron chi connectivity index (χ1n) is 9.14. The molecule has 1 amide bonds. The molecule has 8 heteroatoms. The second kappa shape index (κ2) is 8.76. The Morgan fingerprint density at radius 1 is 1.10 bits per heavy atom. The molecule has 0 radical (unpaired) electrons. The second-order valence-electron chi connectivity index (χ2n) is 6.48. The maximum absolute atomic E-state index is 12.2. The highest BCUT2D eigenvalue weighted by atomic mass is 35.5. The van der Waals surface area contributed by atoms with E-state index in [1.807, 2.05) is 24.3 Å². The SMILES string of the molecule is O=C(CCc1ncc(-c2ccccc2Cl)o1)NCc1cc(Cl)c2c(c1)OCCO2. The maximum Gasteiger partial charge on any atom is 0.220 e. The number of nitrogens with one attached hydrogen (secondary N) is 1. The van der Waals surface area contributed by atoms with Crippen molar-refractivity contribution >= 4 is 29.1 Å². The van der Waals surface area contributed by atoms with Gasteiger partial charge in [0.2, 0.25) is 5.91 Å². The summed E-state index contributed by atoms with van der Waals surface area (Å²) in [5.74, 6) is 2.09. The number of halogens is 2. The molecule has 150 valence electrons. The van der Waals surface area contributed by atoms with Crippen LogP contribution in [-0.2, 0) is 17.8 Å². The molecule has 0 unspecified atom stereocenters. The first kappa shape index (κ1) is 19.6. The molecule has 4 rings (SSSR count). The van der Waals surface area contributed by atoms with Gasteiger partial charge in [-0.1, -0.05) is 35.3 Å². The number of oxazole rings is 1. The Hall–Kier alpha value is -2.70. The number of aryl methyl sites for hydroxylation is 1. The van der Waals surface area contributed by atoms with Gasteiger partial charge in [0.05, 0.1) is 16.2 Å². The molecule has 2 aromatic carbocycles. The fraction of sp³-hybridized carbons (Fsp3) is 0.238. The van der Waals surface area contributed by atoms with Gasteiger partial charge in [-0.3, -0.25) is 4.79 Å². The van der Waals surface area contributed by atoms with Gasteiger partial charge in [0.1, 0.15) is 13.2 Å². The molecule has 29 heavy (non-hydrogen) atoms. The minimum atomic E-state index is -0.117. The number of carbonyl (C=O) groups excluding carboxylic acids is 1. The zero-order chi connectivity index (χ0) is 20.2. The molecule has 1 N–H and O–H groups in total. The molecule has 0 bridgehead atoms. The van der Waals surface area contributed by atoms with Crippen LogP contribution in [0.15, 0.2) is 47.0 Å². The maximum atomic E-state index is 12.2. The van der Waals surface area contributed by atoms with E-state index in [4.69, 9.17) is 37.1 Å². The Balaban J connectivity index is 1.31. The summed E-state index contributed by atoms with van der Waals surface area (Å²) in [5, 5.41) is 3.93. The van der Waals surface area contributed by atoms with Gasteiger partial charge >= 0.3 is 0 Å². The van der Waals surface area contributed by atoms with Crippen molar-refractivity contribution in [2.75, 3.05) is 13.2 Å². The van der Waals surface area contributed by atoms with Crippen LogP contribution in [0.4, 0.5) is 0 Å². The minimum absolute atomic E-state index is 0.117. The average Bonchev–Trinajstić information content (AvgIpc) is 3.20. The Bertz CT molecular complexity index is 1040. The average molecular weight is 433 g/mol. The summed E-state index contributed by atoms with van der Waals surface area (Å²) in [6, 6.07) is 11.0. The number of hydrogen-bond acceptors (Lipinski definition) is 5. The highest BCUT2D eigenvalue weighted by Gasteiger charge is 2.17. The summed E-state index contributed by atoms with van der Waals surface area (Å²) in [5.41, 5.74) is 1.61. The summed E-state index contributed by atoms with van der Waals surface area (Å²) < 4.78 is 16.8. The molecule has 0 aliphatic carbocycles. The van der Waals surface area contributed by atoms with Crippen molar-refractivity contribution in [3.8, 4) is 22.8 Å². The van der Waals surface area contributed by atoms with Crippen molar-refractivity contribution in [2.45, 2.75) is 19.4 Å². The van der Waals surface area contributed by atoms with Gasteiger partial charge in [-0.05, 0) is 29.8 Å². The molecule has 0 saturated carbocycles. The van der Waals surface area contributed by atoms with E-state index in [0.29, 0.717) is 59.4 Å². The van der Waals surface area contributed by atoms with Gasteiger partial charge < -0.3 is 19.2 Å². The third-order valence-corrected chi connectivity index (χ3v) is 5.02. The van der Waals surface area contributed by atoms with Gasteiger partial charge in [-0.25, -0.2) is 4.98 Å². The number of nitrogens with zero attached hydrogens (tertiary/aromatic N) is 1. The number of aromatic nitrogens is 1. The molecule has 1 aliphatic heterocycles. The first-order valence-corrected chi connectivity index (χ1v) is 9.90. The van der Waals surface area contributed by atoms with Crippen molar-refractivity contribution in [1.82, 2.24) is 10.3 Å². The zero-order valence-electron chi connectivity index (χ0n) is 15.4. The van der Waals surface area contributed by atoms with Crippen LogP contribution in [0.3, 0.4) is 0 Å². The van der Waals surface area contributed by atoms with E-state index in [9.17, 15) is 4.79 Å². The summed E-state index contributed by atoms with van der Waals surface area (Å²) in [4.78, 5) is 16.4. The molecule has 1 aromatic heterocycles. The number of fused-ring (bicyclic) bond motifs is 1. The molecule has 0 saturated heterocycles. The van der Waals surface area contributed by atoms with Crippen LogP contribution >= 0.6 is 23.2 Å². The number of benzene rings is 2. The lowest BCUT2D eigenvalue weighted by Crippen LogP contribution is -2.23. The topological polar surface area (TPSA) is 73.6 Å². The standard InChI is InChI=1S/C21H18Cl2N2O4/c22-15-4-2-1-3-14(15)18-12-25-20(29-18)6-5-19(26)24-11-13-9-16(23)21-17(10-13)27-7-8-28-21/h1-4,9-10,12H,5-8,11H2,(H,24,26). The van der Waals surface area contributed by atoms with Crippen molar-refractivity contribution < 1.29 is 18.7 Å². The van der Waals surface area contributed by atoms with E-state index in [2.05, 4.69) is 10.3 Å². The quantitative estimate of drug-likeness (QED) is 0.612. The van der Waals surface area contributed by atoms with Crippen LogP contribution in [-0.4, -0.2) is 24.1 Å². The second-order valence-corrected chi connectivity index (χ2v) is 7.29. The van der Waals surface area contributed by atoms with Gasteiger partial charge in [0.25, 0.3) is 0 Å². The number of amides is 1. The van der Waals surface area contributed by atoms with Gasteiger partial charge in [0, 0.05) is 24.9 Å². The third kappa shape index (κ3) is 4.66. The van der Waals surface area contributed by atoms with Crippen LogP contribution in [0.25, 0.3) is 11.3 Å². The lowest BCUT2D eigenvalue weighted by atomic mass is 10.2.